The van der Waals surface area contributed by atoms with Crippen LogP contribution < -0.4 is 5.73 Å². The van der Waals surface area contributed by atoms with Crippen LogP contribution in [0.3, 0.4) is 0 Å². The molecular weight excluding hydrogens is 616 g/mol. The van der Waals surface area contributed by atoms with Gasteiger partial charge >= 0.3 is 24.3 Å². The molecule has 2 aliphatic rings. The van der Waals surface area contributed by atoms with E-state index in [1.165, 1.54) is 43.5 Å². The van der Waals surface area contributed by atoms with E-state index in [1.807, 2.05) is 4.90 Å². The summed E-state index contributed by atoms with van der Waals surface area (Å²) in [6.45, 7) is 8.34. The van der Waals surface area contributed by atoms with Gasteiger partial charge in [0.05, 0.1) is 6.04 Å². The second kappa shape index (κ2) is 15.6. The lowest BCUT2D eigenvalue weighted by Crippen LogP contribution is -2.52. The van der Waals surface area contributed by atoms with Gasteiger partial charge < -0.3 is 25.7 Å². The van der Waals surface area contributed by atoms with Crippen LogP contribution in [0.15, 0.2) is 16.6 Å². The van der Waals surface area contributed by atoms with Crippen molar-refractivity contribution in [2.45, 2.75) is 76.8 Å². The van der Waals surface area contributed by atoms with E-state index in [1.54, 1.807) is 0 Å². The van der Waals surface area contributed by atoms with Gasteiger partial charge in [0.1, 0.15) is 0 Å². The summed E-state index contributed by atoms with van der Waals surface area (Å²) in [6.07, 6.45) is -3.34. The number of nitrogens with zero attached hydrogens (tertiary/aromatic N) is 2. The molecule has 1 atom stereocenters. The molecule has 0 spiro atoms. The molecule has 4 N–H and O–H groups in total. The van der Waals surface area contributed by atoms with Crippen molar-refractivity contribution >= 4 is 33.8 Å². The lowest BCUT2D eigenvalue weighted by atomic mass is 9.98. The highest BCUT2D eigenvalue weighted by molar-refractivity contribution is 9.10. The number of nitrogens with two attached hydrogens (primary N) is 1. The summed E-state index contributed by atoms with van der Waals surface area (Å²) in [6, 6.07) is 4.48. The Hall–Kier alpha value is -2.39. The van der Waals surface area contributed by atoms with Gasteiger partial charge in [-0.15, -0.1) is 0 Å². The third-order valence-electron chi connectivity index (χ3n) is 6.44. The van der Waals surface area contributed by atoms with Gasteiger partial charge in [0.2, 0.25) is 5.91 Å². The average Bonchev–Trinajstić information content (AvgIpc) is 2.87. The Balaban J connectivity index is 0.000000473. The number of hydrogen-bond donors (Lipinski definition) is 3. The Morgan fingerprint density at radius 1 is 0.900 bits per heavy atom. The van der Waals surface area contributed by atoms with E-state index < -0.39 is 30.3 Å². The summed E-state index contributed by atoms with van der Waals surface area (Å²) in [4.78, 5) is 35.2. The predicted octanol–water partition coefficient (Wildman–Crippen LogP) is 4.68. The first-order chi connectivity index (χ1) is 18.3. The molecule has 15 heteroatoms. The zero-order chi connectivity index (χ0) is 30.8. The minimum Gasteiger partial charge on any atom is -0.475 e. The van der Waals surface area contributed by atoms with Crippen LogP contribution in [0.5, 0.6) is 0 Å². The van der Waals surface area contributed by atoms with Gasteiger partial charge in [-0.1, -0.05) is 34.5 Å². The molecule has 2 aliphatic heterocycles. The summed E-state index contributed by atoms with van der Waals surface area (Å²) >= 11 is 3.60. The number of likely N-dealkylation sites (tertiary alicyclic amines) is 2. The van der Waals surface area contributed by atoms with Crippen molar-refractivity contribution in [1.29, 1.82) is 0 Å². The standard InChI is InChI=1S/C21H32BrN3O.2C2HF3O2/c1-15-12-17(13-16(2)20(15)22)14-19(23)21(26)25-10-6-18(7-11-25)24-8-4-3-5-9-24;2*3-2(4,5)1(6)7/h12-13,18-19H,3-11,14,23H2,1-2H3;2*(H,6,7). The molecule has 0 aromatic heterocycles. The number of hydrogen-bond acceptors (Lipinski definition) is 5. The maximum Gasteiger partial charge on any atom is 0.490 e. The van der Waals surface area contributed by atoms with E-state index in [4.69, 9.17) is 25.5 Å². The second-order valence-electron chi connectivity index (χ2n) is 9.61. The maximum atomic E-state index is 12.8. The third kappa shape index (κ3) is 12.0. The van der Waals surface area contributed by atoms with E-state index in [0.717, 1.165) is 36.0 Å². The van der Waals surface area contributed by atoms with Crippen LogP contribution in [0, 0.1) is 13.8 Å². The Bertz CT molecular complexity index is 961. The highest BCUT2D eigenvalue weighted by Gasteiger charge is 2.39. The Labute approximate surface area is 236 Å². The lowest BCUT2D eigenvalue weighted by Gasteiger charge is -2.40. The SMILES string of the molecule is Cc1cc(CC(N)C(=O)N2CCC(N3CCCCC3)CC2)cc(C)c1Br.O=C(O)C(F)(F)F.O=C(O)C(F)(F)F. The largest absolute Gasteiger partial charge is 0.490 e. The van der Waals surface area contributed by atoms with Gasteiger partial charge in [-0.05, 0) is 75.7 Å². The number of carbonyl (C=O) groups is 3. The zero-order valence-electron chi connectivity index (χ0n) is 22.1. The quantitative estimate of drug-likeness (QED) is 0.405. The highest BCUT2D eigenvalue weighted by atomic mass is 79.9. The number of piperidine rings is 2. The van der Waals surface area contributed by atoms with Crippen LogP contribution in [-0.4, -0.2) is 88.5 Å². The molecule has 2 fully saturated rings. The molecule has 1 aromatic carbocycles. The summed E-state index contributed by atoms with van der Waals surface area (Å²) in [5.74, 6) is -5.40. The first-order valence-electron chi connectivity index (χ1n) is 12.5. The summed E-state index contributed by atoms with van der Waals surface area (Å²) < 4.78 is 64.6. The van der Waals surface area contributed by atoms with E-state index in [-0.39, 0.29) is 5.91 Å². The Morgan fingerprint density at radius 3 is 1.68 bits per heavy atom. The van der Waals surface area contributed by atoms with Gasteiger partial charge in [0.25, 0.3) is 0 Å². The number of halogens is 7. The smallest absolute Gasteiger partial charge is 0.475 e. The fourth-order valence-electron chi connectivity index (χ4n) is 4.46. The summed E-state index contributed by atoms with van der Waals surface area (Å²) in [5.41, 5.74) is 9.82. The molecule has 0 bridgehead atoms. The average molecular weight is 650 g/mol. The van der Waals surface area contributed by atoms with Crippen molar-refractivity contribution in [1.82, 2.24) is 9.80 Å². The lowest BCUT2D eigenvalue weighted by molar-refractivity contribution is -0.193. The number of benzene rings is 1. The van der Waals surface area contributed by atoms with Crippen LogP contribution in [-0.2, 0) is 20.8 Å². The molecule has 0 radical (unpaired) electrons. The molecule has 0 saturated carbocycles. The third-order valence-corrected chi connectivity index (χ3v) is 7.69. The number of carbonyl (C=O) groups excluding carboxylic acids is 1. The van der Waals surface area contributed by atoms with Gasteiger partial charge in [-0.25, -0.2) is 9.59 Å². The topological polar surface area (TPSA) is 124 Å². The minimum atomic E-state index is -5.08. The molecule has 3 rings (SSSR count). The van der Waals surface area contributed by atoms with Crippen molar-refractivity contribution in [2.24, 2.45) is 5.73 Å². The van der Waals surface area contributed by atoms with Crippen LogP contribution in [0.4, 0.5) is 26.3 Å². The number of amides is 1. The first kappa shape index (κ1) is 35.6. The Kier molecular flexibility index (Phi) is 13.9. The van der Waals surface area contributed by atoms with E-state index >= 15 is 0 Å². The molecule has 40 heavy (non-hydrogen) atoms. The van der Waals surface area contributed by atoms with Crippen molar-refractivity contribution in [3.05, 3.63) is 33.3 Å². The fourth-order valence-corrected chi connectivity index (χ4v) is 4.69. The molecule has 228 valence electrons. The van der Waals surface area contributed by atoms with Crippen LogP contribution in [0.2, 0.25) is 0 Å². The van der Waals surface area contributed by atoms with Crippen molar-refractivity contribution < 1.29 is 50.9 Å². The number of carboxylic acid groups (broad SMARTS) is 2. The van der Waals surface area contributed by atoms with Crippen molar-refractivity contribution in [3.63, 3.8) is 0 Å². The van der Waals surface area contributed by atoms with Gasteiger partial charge in [0, 0.05) is 23.6 Å². The van der Waals surface area contributed by atoms with E-state index in [2.05, 4.69) is 46.8 Å². The number of aryl methyl sites for hydroxylation is 2. The number of alkyl halides is 6. The summed E-state index contributed by atoms with van der Waals surface area (Å²) in [7, 11) is 0. The maximum absolute atomic E-state index is 12.8. The number of aliphatic carboxylic acids is 2. The minimum absolute atomic E-state index is 0.111. The van der Waals surface area contributed by atoms with Crippen LogP contribution in [0.1, 0.15) is 48.8 Å². The first-order valence-corrected chi connectivity index (χ1v) is 13.3. The van der Waals surface area contributed by atoms with Gasteiger partial charge in [0.15, 0.2) is 0 Å². The summed E-state index contributed by atoms with van der Waals surface area (Å²) in [5, 5.41) is 14.2. The number of rotatable bonds is 4. The van der Waals surface area contributed by atoms with Crippen LogP contribution >= 0.6 is 15.9 Å². The highest BCUT2D eigenvalue weighted by Crippen LogP contribution is 2.24. The monoisotopic (exact) mass is 649 g/mol. The predicted molar refractivity (Wildman–Crippen MR) is 138 cm³/mol. The normalized spacial score (nSPS) is 17.6. The molecule has 0 aliphatic carbocycles. The van der Waals surface area contributed by atoms with Crippen molar-refractivity contribution in [3.8, 4) is 0 Å². The fraction of sp³-hybridized carbons (Fsp3) is 0.640. The zero-order valence-corrected chi connectivity index (χ0v) is 23.7. The molecule has 1 amide bonds. The van der Waals surface area contributed by atoms with Gasteiger partial charge in [-0.3, -0.25) is 4.79 Å². The molecular formula is C25H34BrF6N3O5. The van der Waals surface area contributed by atoms with Crippen LogP contribution in [0.25, 0.3) is 0 Å². The molecule has 2 saturated heterocycles. The molecule has 8 nitrogen and oxygen atoms in total. The molecule has 2 heterocycles. The molecule has 1 unspecified atom stereocenters. The van der Waals surface area contributed by atoms with E-state index in [0.29, 0.717) is 12.5 Å². The van der Waals surface area contributed by atoms with Gasteiger partial charge in [-0.2, -0.15) is 26.3 Å². The molecule has 1 aromatic rings. The van der Waals surface area contributed by atoms with E-state index in [9.17, 15) is 31.1 Å². The number of carboxylic acids is 2. The Morgan fingerprint density at radius 2 is 1.30 bits per heavy atom. The van der Waals surface area contributed by atoms with Crippen molar-refractivity contribution in [2.75, 3.05) is 26.2 Å². The second-order valence-corrected chi connectivity index (χ2v) is 10.4.